The molecule has 0 unspecified atom stereocenters. The number of amidine groups is 2. The fourth-order valence-electron chi connectivity index (χ4n) is 6.40. The summed E-state index contributed by atoms with van der Waals surface area (Å²) in [4.78, 5) is 15.1. The molecule has 284 valence electrons. The largest absolute Gasteiger partial charge is 0.472 e. The molecule has 1 fully saturated rings. The normalized spacial score (nSPS) is 13.9. The van der Waals surface area contributed by atoms with Gasteiger partial charge in [-0.2, -0.15) is 0 Å². The second-order valence-electron chi connectivity index (χ2n) is 12.7. The Bertz CT molecular complexity index is 2000. The molecule has 0 aliphatic carbocycles. The lowest BCUT2D eigenvalue weighted by atomic mass is 10.2. The molecule has 11 heteroatoms. The van der Waals surface area contributed by atoms with Crippen molar-refractivity contribution in [3.8, 4) is 0 Å². The van der Waals surface area contributed by atoms with E-state index in [1.807, 2.05) is 35.7 Å². The van der Waals surface area contributed by atoms with Gasteiger partial charge in [0.05, 0.1) is 52.3 Å². The van der Waals surface area contributed by atoms with E-state index >= 15 is 0 Å². The van der Waals surface area contributed by atoms with E-state index in [9.17, 15) is 0 Å². The highest BCUT2D eigenvalue weighted by molar-refractivity contribution is 7.12. The molecular formula is C42H58N8O2S. The summed E-state index contributed by atoms with van der Waals surface area (Å²) in [6.45, 7) is 14.7. The van der Waals surface area contributed by atoms with E-state index in [0.29, 0.717) is 11.7 Å². The van der Waals surface area contributed by atoms with Crippen molar-refractivity contribution >= 4 is 56.2 Å². The van der Waals surface area contributed by atoms with Gasteiger partial charge in [-0.25, -0.2) is 9.98 Å². The molecule has 6 aromatic rings. The highest BCUT2D eigenvalue weighted by atomic mass is 32.1. The highest BCUT2D eigenvalue weighted by Gasteiger charge is 2.11. The van der Waals surface area contributed by atoms with Crippen LogP contribution in [0.5, 0.6) is 0 Å². The summed E-state index contributed by atoms with van der Waals surface area (Å²) in [5, 5.41) is 4.48. The molecule has 2 aromatic carbocycles. The van der Waals surface area contributed by atoms with E-state index in [4.69, 9.17) is 20.6 Å². The first-order chi connectivity index (χ1) is 25.0. The lowest BCUT2D eigenvalue weighted by molar-refractivity contribution is 0.0369. The van der Waals surface area contributed by atoms with E-state index in [2.05, 4.69) is 91.6 Å². The quantitative estimate of drug-likeness (QED) is 0.0854. The van der Waals surface area contributed by atoms with E-state index in [-0.39, 0.29) is 14.9 Å². The van der Waals surface area contributed by atoms with E-state index in [1.54, 1.807) is 23.9 Å². The van der Waals surface area contributed by atoms with Crippen molar-refractivity contribution in [2.24, 2.45) is 21.5 Å². The maximum atomic E-state index is 6.12. The third-order valence-corrected chi connectivity index (χ3v) is 10.2. The number of thiophene rings is 1. The average Bonchev–Trinajstić information content (AvgIpc) is 4.00. The molecular weight excluding hydrogens is 681 g/mol. The van der Waals surface area contributed by atoms with Crippen molar-refractivity contribution in [1.29, 1.82) is 0 Å². The number of aryl methyl sites for hydroxylation is 2. The number of aromatic nitrogens is 2. The van der Waals surface area contributed by atoms with Crippen molar-refractivity contribution in [3.05, 3.63) is 107 Å². The van der Waals surface area contributed by atoms with Crippen LogP contribution in [-0.2, 0) is 17.8 Å². The van der Waals surface area contributed by atoms with Gasteiger partial charge in [-0.05, 0) is 97.2 Å². The van der Waals surface area contributed by atoms with Crippen LogP contribution in [0.3, 0.4) is 0 Å². The van der Waals surface area contributed by atoms with Gasteiger partial charge in [-0.1, -0.05) is 46.9 Å². The molecule has 0 saturated carbocycles. The maximum absolute atomic E-state index is 6.12. The number of fused-ring (bicyclic) bond motifs is 2. The van der Waals surface area contributed by atoms with Gasteiger partial charge in [0.1, 0.15) is 17.9 Å². The Morgan fingerprint density at radius 1 is 0.774 bits per heavy atom. The fourth-order valence-corrected chi connectivity index (χ4v) is 7.03. The Labute approximate surface area is 319 Å². The number of hydrogen-bond acceptors (Lipinski definition) is 7. The van der Waals surface area contributed by atoms with Gasteiger partial charge in [-0.15, -0.1) is 11.3 Å². The number of nitrogens with zero attached hydrogens (tertiary/aromatic N) is 6. The summed E-state index contributed by atoms with van der Waals surface area (Å²) < 4.78 is 15.1. The molecule has 1 aliphatic rings. The van der Waals surface area contributed by atoms with Crippen molar-refractivity contribution in [2.75, 3.05) is 52.5 Å². The minimum Gasteiger partial charge on any atom is -0.472 e. The molecule has 0 amide bonds. The molecule has 0 radical (unpaired) electrons. The van der Waals surface area contributed by atoms with Gasteiger partial charge in [0, 0.05) is 45.1 Å². The van der Waals surface area contributed by atoms with Crippen LogP contribution in [0.15, 0.2) is 111 Å². The van der Waals surface area contributed by atoms with Crippen LogP contribution in [0.4, 0.5) is 11.4 Å². The molecule has 10 nitrogen and oxygen atoms in total. The summed E-state index contributed by atoms with van der Waals surface area (Å²) >= 11 is 1.61. The zero-order valence-electron chi connectivity index (χ0n) is 29.8. The second-order valence-corrected chi connectivity index (χ2v) is 13.6. The Hall–Kier alpha value is -4.68. The van der Waals surface area contributed by atoms with Crippen LogP contribution in [0, 0.1) is 0 Å². The number of aliphatic imine (C=N–C) groups is 2. The monoisotopic (exact) mass is 738 g/mol. The molecule has 5 heterocycles. The highest BCUT2D eigenvalue weighted by Crippen LogP contribution is 2.25. The van der Waals surface area contributed by atoms with Crippen LogP contribution >= 0.6 is 11.3 Å². The summed E-state index contributed by atoms with van der Waals surface area (Å²) in [5.41, 5.74) is 17.1. The Kier molecular flexibility index (Phi) is 15.9. The Balaban J connectivity index is 0.000000228. The number of morpholine rings is 1. The van der Waals surface area contributed by atoms with Crippen molar-refractivity contribution in [2.45, 2.75) is 54.6 Å². The number of hydrogen-bond donors (Lipinski definition) is 2. The van der Waals surface area contributed by atoms with Crippen LogP contribution in [0.1, 0.15) is 52.0 Å². The van der Waals surface area contributed by atoms with Crippen LogP contribution in [0.25, 0.3) is 21.8 Å². The average molecular weight is 739 g/mol. The molecule has 53 heavy (non-hydrogen) atoms. The topological polar surface area (TPSA) is 115 Å². The van der Waals surface area contributed by atoms with E-state index < -0.39 is 0 Å². The molecule has 7 rings (SSSR count). The van der Waals surface area contributed by atoms with Gasteiger partial charge < -0.3 is 34.7 Å². The lowest BCUT2D eigenvalue weighted by Crippen LogP contribution is -2.37. The third kappa shape index (κ3) is 11.2. The molecule has 4 N–H and O–H groups in total. The standard InChI is InChI=1S/C20H24N4O2.C20H26N4S.2CH4/c21-20(17-5-11-26-15-17)22-18-3-2-16-4-8-24(19(16)14-18)7-1-6-23-9-12-25-13-10-23;1-3-23(4-2)11-6-12-24-13-10-16-8-9-17(15-18(16)24)22-20(21)19-7-5-14-25-19;;/h2-5,8,11,14-15H,1,6-7,9-10,12-13H2,(H2,21,22);5,7-10,13-15H,3-4,6,11-12H2,1-2H3,(H2,21,22);2*1H4. The first-order valence-corrected chi connectivity index (χ1v) is 18.8. The van der Waals surface area contributed by atoms with Gasteiger partial charge >= 0.3 is 0 Å². The zero-order chi connectivity index (χ0) is 35.4. The SMILES string of the molecule is C.C.CCN(CC)CCCn1ccc2ccc(N=C(N)c3cccs3)cc21.NC(=Nc1ccc2ccn(CCCN3CCOCC3)c2c1)c1ccoc1. The van der Waals surface area contributed by atoms with Crippen molar-refractivity contribution in [3.63, 3.8) is 0 Å². The third-order valence-electron chi connectivity index (χ3n) is 9.35. The lowest BCUT2D eigenvalue weighted by Gasteiger charge is -2.26. The van der Waals surface area contributed by atoms with Crippen LogP contribution in [-0.4, -0.2) is 83.1 Å². The number of furan rings is 1. The summed E-state index contributed by atoms with van der Waals surface area (Å²) in [7, 11) is 0. The van der Waals surface area contributed by atoms with Gasteiger partial charge in [0.25, 0.3) is 0 Å². The number of benzene rings is 2. The maximum Gasteiger partial charge on any atom is 0.141 e. The molecule has 0 atom stereocenters. The summed E-state index contributed by atoms with van der Waals surface area (Å²) in [6.07, 6.45) is 9.79. The first-order valence-electron chi connectivity index (χ1n) is 18.0. The zero-order valence-corrected chi connectivity index (χ0v) is 30.6. The number of ether oxygens (including phenoxy) is 1. The minimum absolute atomic E-state index is 0. The van der Waals surface area contributed by atoms with Gasteiger partial charge in [0.15, 0.2) is 0 Å². The first kappa shape index (κ1) is 41.1. The number of rotatable bonds is 14. The Morgan fingerprint density at radius 2 is 1.40 bits per heavy atom. The number of nitrogens with two attached hydrogens (primary N) is 2. The molecule has 1 aliphatic heterocycles. The van der Waals surface area contributed by atoms with E-state index in [0.717, 1.165) is 100 Å². The molecule has 1 saturated heterocycles. The Morgan fingerprint density at radius 3 is 1.96 bits per heavy atom. The fraction of sp³-hybridized carbons (Fsp3) is 0.381. The molecule has 0 bridgehead atoms. The minimum atomic E-state index is 0. The van der Waals surface area contributed by atoms with Gasteiger partial charge in [0.2, 0.25) is 0 Å². The van der Waals surface area contributed by atoms with Gasteiger partial charge in [-0.3, -0.25) is 4.90 Å². The molecule has 0 spiro atoms. The summed E-state index contributed by atoms with van der Waals surface area (Å²) in [5.74, 6) is 1.04. The van der Waals surface area contributed by atoms with Crippen LogP contribution < -0.4 is 11.5 Å². The second kappa shape index (κ2) is 20.5. The predicted molar refractivity (Wildman–Crippen MR) is 225 cm³/mol. The van der Waals surface area contributed by atoms with Crippen molar-refractivity contribution < 1.29 is 9.15 Å². The van der Waals surface area contributed by atoms with E-state index in [1.165, 1.54) is 21.8 Å². The molecule has 4 aromatic heterocycles. The smallest absolute Gasteiger partial charge is 0.141 e. The predicted octanol–water partition coefficient (Wildman–Crippen LogP) is 8.74. The summed E-state index contributed by atoms with van der Waals surface area (Å²) in [6, 6.07) is 22.6. The van der Waals surface area contributed by atoms with Crippen molar-refractivity contribution in [1.82, 2.24) is 18.9 Å². The van der Waals surface area contributed by atoms with Crippen LogP contribution in [0.2, 0.25) is 0 Å².